The molecule has 0 spiro atoms. The lowest BCUT2D eigenvalue weighted by Crippen LogP contribution is -2.51. The molecule has 0 fully saturated rings. The summed E-state index contributed by atoms with van der Waals surface area (Å²) in [5, 5.41) is 1.93. The third-order valence-electron chi connectivity index (χ3n) is 7.07. The Labute approximate surface area is 249 Å². The van der Waals surface area contributed by atoms with Gasteiger partial charge in [0.1, 0.15) is 0 Å². The summed E-state index contributed by atoms with van der Waals surface area (Å²) in [6, 6.07) is 22.7. The SMILES string of the molecule is CCC(CC)(N(c1ccc2c(C(=O)NCc3ccccc3)cccc2c1)S(=O)(=O)c1cc(Cl)cc(Cl)c1)P(=O)(O)O. The Morgan fingerprint density at radius 2 is 1.54 bits per heavy atom. The Kier molecular flexibility index (Phi) is 9.19. The number of carbonyl (C=O) groups is 1. The second-order valence-corrected chi connectivity index (χ2v) is 14.1. The lowest BCUT2D eigenvalue weighted by atomic mass is 10.0. The fraction of sp³-hybridized carbons (Fsp3) is 0.207. The maximum absolute atomic E-state index is 14.2. The molecule has 0 aliphatic carbocycles. The second-order valence-electron chi connectivity index (χ2n) is 9.49. The molecule has 0 bridgehead atoms. The van der Waals surface area contributed by atoms with Gasteiger partial charge in [0.15, 0.2) is 5.28 Å². The summed E-state index contributed by atoms with van der Waals surface area (Å²) < 4.78 is 42.2. The Hall–Kier alpha value is -2.91. The highest BCUT2D eigenvalue weighted by Gasteiger charge is 2.54. The summed E-state index contributed by atoms with van der Waals surface area (Å²) in [6.07, 6.45) is -0.386. The van der Waals surface area contributed by atoms with Crippen LogP contribution < -0.4 is 9.62 Å². The number of hydrogen-bond donors (Lipinski definition) is 3. The number of hydrogen-bond acceptors (Lipinski definition) is 4. The average molecular weight is 636 g/mol. The van der Waals surface area contributed by atoms with Crippen LogP contribution in [0.1, 0.15) is 42.6 Å². The summed E-state index contributed by atoms with van der Waals surface area (Å²) >= 11 is 12.2. The van der Waals surface area contributed by atoms with E-state index in [2.05, 4.69) is 5.32 Å². The predicted molar refractivity (Wildman–Crippen MR) is 163 cm³/mol. The lowest BCUT2D eigenvalue weighted by molar-refractivity contribution is 0.0952. The largest absolute Gasteiger partial charge is 0.351 e. The first-order valence-electron chi connectivity index (χ1n) is 12.8. The van der Waals surface area contributed by atoms with Gasteiger partial charge in [0.05, 0.1) is 10.6 Å². The minimum atomic E-state index is -5.08. The molecule has 3 N–H and O–H groups in total. The van der Waals surface area contributed by atoms with Crippen LogP contribution in [0.15, 0.2) is 89.8 Å². The van der Waals surface area contributed by atoms with E-state index in [1.54, 1.807) is 24.3 Å². The maximum Gasteiger partial charge on any atom is 0.351 e. The Bertz CT molecular complexity index is 1720. The number of carbonyl (C=O) groups excluding carboxylic acids is 1. The van der Waals surface area contributed by atoms with E-state index in [0.717, 1.165) is 9.87 Å². The zero-order valence-electron chi connectivity index (χ0n) is 22.3. The standard InChI is InChI=1S/C29H29Cl2N2O6PS/c1-3-29(4-2,40(35,36)37)33(41(38,39)25-17-22(30)16-23(31)18-25)24-13-14-26-21(15-24)11-8-12-27(26)28(34)32-19-20-9-6-5-7-10-20/h5-18H,3-4,19H2,1-2H3,(H,32,34)(H2,35,36,37). The highest BCUT2D eigenvalue weighted by molar-refractivity contribution is 7.93. The molecule has 216 valence electrons. The van der Waals surface area contributed by atoms with Gasteiger partial charge in [-0.05, 0) is 65.6 Å². The molecule has 0 atom stereocenters. The molecule has 0 unspecified atom stereocenters. The van der Waals surface area contributed by atoms with Crippen molar-refractivity contribution in [3.8, 4) is 0 Å². The van der Waals surface area contributed by atoms with Crippen molar-refractivity contribution in [2.75, 3.05) is 4.31 Å². The van der Waals surface area contributed by atoms with Crippen molar-refractivity contribution in [2.24, 2.45) is 0 Å². The quantitative estimate of drug-likeness (QED) is 0.162. The van der Waals surface area contributed by atoms with Gasteiger partial charge in [0.2, 0.25) is 0 Å². The first kappa shape index (κ1) is 31.0. The topological polar surface area (TPSA) is 124 Å². The van der Waals surface area contributed by atoms with E-state index in [4.69, 9.17) is 23.2 Å². The fourth-order valence-electron chi connectivity index (χ4n) is 4.92. The van der Waals surface area contributed by atoms with Crippen LogP contribution in [0.3, 0.4) is 0 Å². The molecule has 0 saturated carbocycles. The van der Waals surface area contributed by atoms with E-state index in [9.17, 15) is 27.6 Å². The van der Waals surface area contributed by atoms with Crippen molar-refractivity contribution in [3.05, 3.63) is 106 Å². The molecule has 4 rings (SSSR count). The van der Waals surface area contributed by atoms with Gasteiger partial charge < -0.3 is 15.1 Å². The molecule has 12 heteroatoms. The van der Waals surface area contributed by atoms with Crippen molar-refractivity contribution in [1.82, 2.24) is 5.32 Å². The molecule has 0 heterocycles. The van der Waals surface area contributed by atoms with Gasteiger partial charge in [-0.1, -0.05) is 85.6 Å². The van der Waals surface area contributed by atoms with Crippen LogP contribution in [0.2, 0.25) is 10.0 Å². The summed E-state index contributed by atoms with van der Waals surface area (Å²) in [5.41, 5.74) is 1.31. The zero-order chi connectivity index (χ0) is 30.0. The maximum atomic E-state index is 14.2. The third kappa shape index (κ3) is 6.16. The van der Waals surface area contributed by atoms with Crippen LogP contribution in [0.25, 0.3) is 10.8 Å². The van der Waals surface area contributed by atoms with Gasteiger partial charge in [0, 0.05) is 22.2 Å². The van der Waals surface area contributed by atoms with Gasteiger partial charge in [-0.25, -0.2) is 12.7 Å². The number of sulfonamides is 1. The molecular formula is C29H29Cl2N2O6PS. The molecular weight excluding hydrogens is 606 g/mol. The van der Waals surface area contributed by atoms with E-state index in [0.29, 0.717) is 22.9 Å². The number of halogens is 2. The lowest BCUT2D eigenvalue weighted by Gasteiger charge is -2.43. The van der Waals surface area contributed by atoms with Crippen LogP contribution in [0.4, 0.5) is 5.69 Å². The Balaban J connectivity index is 1.87. The second kappa shape index (κ2) is 12.1. The van der Waals surface area contributed by atoms with Crippen molar-refractivity contribution >= 4 is 63.2 Å². The number of amides is 1. The summed E-state index contributed by atoms with van der Waals surface area (Å²) in [5.74, 6) is -0.322. The van der Waals surface area contributed by atoms with Gasteiger partial charge in [-0.15, -0.1) is 0 Å². The molecule has 0 saturated heterocycles. The summed E-state index contributed by atoms with van der Waals surface area (Å²) in [4.78, 5) is 33.9. The van der Waals surface area contributed by atoms with E-state index < -0.39 is 22.9 Å². The monoisotopic (exact) mass is 634 g/mol. The van der Waals surface area contributed by atoms with E-state index >= 15 is 0 Å². The molecule has 0 aromatic heterocycles. The summed E-state index contributed by atoms with van der Waals surface area (Å²) in [6.45, 7) is 3.36. The van der Waals surface area contributed by atoms with Gasteiger partial charge in [-0.2, -0.15) is 0 Å². The molecule has 8 nitrogen and oxygen atoms in total. The minimum absolute atomic E-state index is 0.0162. The number of fused-ring (bicyclic) bond motifs is 1. The van der Waals surface area contributed by atoms with E-state index in [1.807, 2.05) is 30.3 Å². The van der Waals surface area contributed by atoms with Crippen LogP contribution in [0, 0.1) is 0 Å². The first-order valence-corrected chi connectivity index (χ1v) is 16.6. The van der Waals surface area contributed by atoms with Gasteiger partial charge in [0.25, 0.3) is 15.9 Å². The number of rotatable bonds is 10. The van der Waals surface area contributed by atoms with Crippen molar-refractivity contribution in [1.29, 1.82) is 0 Å². The van der Waals surface area contributed by atoms with E-state index in [1.165, 1.54) is 44.2 Å². The number of anilines is 1. The normalized spacial score (nSPS) is 12.3. The van der Waals surface area contributed by atoms with Crippen molar-refractivity contribution in [2.45, 2.75) is 43.4 Å². The van der Waals surface area contributed by atoms with E-state index in [-0.39, 0.29) is 39.4 Å². The predicted octanol–water partition coefficient (Wildman–Crippen LogP) is 6.97. The number of benzene rings is 4. The molecule has 0 aliphatic heterocycles. The van der Waals surface area contributed by atoms with Gasteiger partial charge in [-0.3, -0.25) is 9.36 Å². The Morgan fingerprint density at radius 3 is 2.12 bits per heavy atom. The Morgan fingerprint density at radius 1 is 0.902 bits per heavy atom. The van der Waals surface area contributed by atoms with Crippen LogP contribution in [-0.2, 0) is 21.1 Å². The van der Waals surface area contributed by atoms with Crippen LogP contribution in [0.5, 0.6) is 0 Å². The smallest absolute Gasteiger partial charge is 0.348 e. The molecule has 0 radical (unpaired) electrons. The third-order valence-corrected chi connectivity index (χ3v) is 11.4. The summed E-state index contributed by atoms with van der Waals surface area (Å²) in [7, 11) is -9.68. The van der Waals surface area contributed by atoms with Crippen molar-refractivity contribution < 1.29 is 27.6 Å². The highest BCUT2D eigenvalue weighted by Crippen LogP contribution is 2.59. The van der Waals surface area contributed by atoms with Crippen molar-refractivity contribution in [3.63, 3.8) is 0 Å². The molecule has 4 aromatic carbocycles. The number of nitrogens with zero attached hydrogens (tertiary/aromatic N) is 1. The first-order chi connectivity index (χ1) is 19.3. The van der Waals surface area contributed by atoms with Crippen LogP contribution in [-0.4, -0.2) is 29.4 Å². The molecule has 4 aromatic rings. The fourth-order valence-corrected chi connectivity index (χ4v) is 9.25. The average Bonchev–Trinajstić information content (AvgIpc) is 2.93. The molecule has 41 heavy (non-hydrogen) atoms. The highest BCUT2D eigenvalue weighted by atomic mass is 35.5. The number of nitrogens with one attached hydrogen (secondary N) is 1. The van der Waals surface area contributed by atoms with Crippen LogP contribution >= 0.6 is 30.8 Å². The minimum Gasteiger partial charge on any atom is -0.348 e. The molecule has 0 aliphatic rings. The molecule has 1 amide bonds. The zero-order valence-corrected chi connectivity index (χ0v) is 25.5. The van der Waals surface area contributed by atoms with Gasteiger partial charge >= 0.3 is 7.60 Å².